The van der Waals surface area contributed by atoms with Crippen LogP contribution in [0.15, 0.2) is 24.3 Å². The zero-order valence-corrected chi connectivity index (χ0v) is 12.3. The highest BCUT2D eigenvalue weighted by atomic mass is 14.9. The number of hydrogen-bond acceptors (Lipinski definition) is 2. The quantitative estimate of drug-likeness (QED) is 0.728. The first-order valence-corrected chi connectivity index (χ1v) is 6.95. The summed E-state index contributed by atoms with van der Waals surface area (Å²) >= 11 is 0. The van der Waals surface area contributed by atoms with Crippen LogP contribution in [0.5, 0.6) is 0 Å². The van der Waals surface area contributed by atoms with Gasteiger partial charge in [-0.2, -0.15) is 0 Å². The van der Waals surface area contributed by atoms with Crippen LogP contribution in [0.2, 0.25) is 0 Å². The first-order valence-electron chi connectivity index (χ1n) is 6.95. The molecule has 0 spiro atoms. The number of benzene rings is 1. The van der Waals surface area contributed by atoms with E-state index in [1.165, 1.54) is 11.1 Å². The third-order valence-corrected chi connectivity index (χ3v) is 4.05. The largest absolute Gasteiger partial charge is 0.326 e. The van der Waals surface area contributed by atoms with Gasteiger partial charge < -0.3 is 11.1 Å². The van der Waals surface area contributed by atoms with Gasteiger partial charge in [0.05, 0.1) is 0 Å². The van der Waals surface area contributed by atoms with Crippen molar-refractivity contribution in [3.05, 3.63) is 35.4 Å². The molecule has 102 valence electrons. The lowest BCUT2D eigenvalue weighted by molar-refractivity contribution is 0.239. The number of hydrogen-bond donors (Lipinski definition) is 2. The fourth-order valence-electron chi connectivity index (χ4n) is 1.84. The lowest BCUT2D eigenvalue weighted by atomic mass is 9.81. The van der Waals surface area contributed by atoms with Crippen molar-refractivity contribution in [2.24, 2.45) is 17.1 Å². The third-order valence-electron chi connectivity index (χ3n) is 4.05. The Labute approximate surface area is 112 Å². The topological polar surface area (TPSA) is 38.0 Å². The first kappa shape index (κ1) is 15.2. The smallest absolute Gasteiger partial charge is 0.0180 e. The lowest BCUT2D eigenvalue weighted by Crippen LogP contribution is -2.34. The maximum atomic E-state index is 5.74. The van der Waals surface area contributed by atoms with Crippen LogP contribution >= 0.6 is 0 Å². The molecule has 0 saturated carbocycles. The Morgan fingerprint density at radius 3 is 2.33 bits per heavy atom. The second-order valence-corrected chi connectivity index (χ2v) is 6.04. The number of rotatable bonds is 7. The standard InChI is InChI=1S/C16H28N2/c1-13(2)16(3,4)12-18-10-9-14-7-5-6-8-15(14)11-17/h5-8,13,18H,9-12,17H2,1-4H3. The summed E-state index contributed by atoms with van der Waals surface area (Å²) < 4.78 is 0. The summed E-state index contributed by atoms with van der Waals surface area (Å²) in [5.74, 6) is 0.696. The molecule has 0 bridgehead atoms. The molecule has 0 radical (unpaired) electrons. The predicted molar refractivity (Wildman–Crippen MR) is 79.5 cm³/mol. The van der Waals surface area contributed by atoms with E-state index in [0.29, 0.717) is 17.9 Å². The van der Waals surface area contributed by atoms with Crippen LogP contribution in [0.25, 0.3) is 0 Å². The van der Waals surface area contributed by atoms with E-state index in [9.17, 15) is 0 Å². The van der Waals surface area contributed by atoms with Gasteiger partial charge in [0.15, 0.2) is 0 Å². The summed E-state index contributed by atoms with van der Waals surface area (Å²) in [4.78, 5) is 0. The Morgan fingerprint density at radius 2 is 1.78 bits per heavy atom. The Morgan fingerprint density at radius 1 is 1.17 bits per heavy atom. The third kappa shape index (κ3) is 4.43. The van der Waals surface area contributed by atoms with Crippen molar-refractivity contribution in [3.63, 3.8) is 0 Å². The zero-order chi connectivity index (χ0) is 13.6. The van der Waals surface area contributed by atoms with Crippen LogP contribution in [-0.2, 0) is 13.0 Å². The van der Waals surface area contributed by atoms with E-state index in [1.807, 2.05) is 0 Å². The van der Waals surface area contributed by atoms with Gasteiger partial charge in [-0.3, -0.25) is 0 Å². The second-order valence-electron chi connectivity index (χ2n) is 6.04. The molecule has 1 rings (SSSR count). The average Bonchev–Trinajstić information content (AvgIpc) is 2.35. The molecular weight excluding hydrogens is 220 g/mol. The molecule has 0 atom stereocenters. The molecule has 0 aliphatic rings. The molecule has 0 aliphatic carbocycles. The van der Waals surface area contributed by atoms with Crippen LogP contribution < -0.4 is 11.1 Å². The fraction of sp³-hybridized carbons (Fsp3) is 0.625. The van der Waals surface area contributed by atoms with Crippen molar-refractivity contribution >= 4 is 0 Å². The highest BCUT2D eigenvalue weighted by Crippen LogP contribution is 2.24. The normalized spacial score (nSPS) is 12.1. The van der Waals surface area contributed by atoms with Crippen molar-refractivity contribution in [1.29, 1.82) is 0 Å². The number of nitrogens with one attached hydrogen (secondary N) is 1. The van der Waals surface area contributed by atoms with Gasteiger partial charge in [-0.25, -0.2) is 0 Å². The van der Waals surface area contributed by atoms with E-state index in [-0.39, 0.29) is 0 Å². The van der Waals surface area contributed by atoms with Crippen molar-refractivity contribution in [2.45, 2.75) is 40.7 Å². The van der Waals surface area contributed by atoms with E-state index in [2.05, 4.69) is 57.3 Å². The van der Waals surface area contributed by atoms with Crippen LogP contribution in [0.1, 0.15) is 38.8 Å². The van der Waals surface area contributed by atoms with Crippen molar-refractivity contribution in [2.75, 3.05) is 13.1 Å². The van der Waals surface area contributed by atoms with E-state index >= 15 is 0 Å². The average molecular weight is 248 g/mol. The summed E-state index contributed by atoms with van der Waals surface area (Å²) in [6.45, 7) is 11.9. The van der Waals surface area contributed by atoms with Gasteiger partial charge in [0.2, 0.25) is 0 Å². The van der Waals surface area contributed by atoms with Gasteiger partial charge in [0, 0.05) is 13.1 Å². The summed E-state index contributed by atoms with van der Waals surface area (Å²) in [5.41, 5.74) is 8.73. The fourth-order valence-corrected chi connectivity index (χ4v) is 1.84. The maximum Gasteiger partial charge on any atom is 0.0180 e. The molecule has 2 nitrogen and oxygen atoms in total. The molecule has 0 heterocycles. The molecule has 1 aromatic carbocycles. The molecule has 0 unspecified atom stereocenters. The molecule has 0 saturated heterocycles. The van der Waals surface area contributed by atoms with Gasteiger partial charge in [-0.05, 0) is 35.4 Å². The highest BCUT2D eigenvalue weighted by Gasteiger charge is 2.21. The van der Waals surface area contributed by atoms with Gasteiger partial charge in [-0.1, -0.05) is 52.0 Å². The van der Waals surface area contributed by atoms with Gasteiger partial charge >= 0.3 is 0 Å². The molecule has 0 fully saturated rings. The van der Waals surface area contributed by atoms with E-state index in [4.69, 9.17) is 5.73 Å². The molecule has 1 aromatic rings. The van der Waals surface area contributed by atoms with Crippen LogP contribution in [0.3, 0.4) is 0 Å². The van der Waals surface area contributed by atoms with Gasteiger partial charge in [0.1, 0.15) is 0 Å². The molecule has 18 heavy (non-hydrogen) atoms. The molecule has 2 heteroatoms. The minimum atomic E-state index is 0.355. The predicted octanol–water partition coefficient (Wildman–Crippen LogP) is 2.96. The van der Waals surface area contributed by atoms with Crippen molar-refractivity contribution in [1.82, 2.24) is 5.32 Å². The van der Waals surface area contributed by atoms with Crippen molar-refractivity contribution in [3.8, 4) is 0 Å². The molecule has 0 aliphatic heterocycles. The molecule has 0 aromatic heterocycles. The summed E-state index contributed by atoms with van der Waals surface area (Å²) in [7, 11) is 0. The van der Waals surface area contributed by atoms with Crippen LogP contribution in [0, 0.1) is 11.3 Å². The minimum absolute atomic E-state index is 0.355. The minimum Gasteiger partial charge on any atom is -0.326 e. The van der Waals surface area contributed by atoms with Crippen molar-refractivity contribution < 1.29 is 0 Å². The zero-order valence-electron chi connectivity index (χ0n) is 12.3. The number of nitrogens with two attached hydrogens (primary N) is 1. The monoisotopic (exact) mass is 248 g/mol. The second kappa shape index (κ2) is 6.91. The van der Waals surface area contributed by atoms with E-state index in [0.717, 1.165) is 19.5 Å². The van der Waals surface area contributed by atoms with Gasteiger partial charge in [-0.15, -0.1) is 0 Å². The summed E-state index contributed by atoms with van der Waals surface area (Å²) in [6.07, 6.45) is 1.06. The molecular formula is C16H28N2. The maximum absolute atomic E-state index is 5.74. The molecule has 0 amide bonds. The highest BCUT2D eigenvalue weighted by molar-refractivity contribution is 5.27. The van der Waals surface area contributed by atoms with E-state index in [1.54, 1.807) is 0 Å². The Bertz CT molecular complexity index is 356. The Hall–Kier alpha value is -0.860. The SMILES string of the molecule is CC(C)C(C)(C)CNCCc1ccccc1CN. The van der Waals surface area contributed by atoms with Crippen LogP contribution in [0.4, 0.5) is 0 Å². The lowest BCUT2D eigenvalue weighted by Gasteiger charge is -2.29. The van der Waals surface area contributed by atoms with E-state index < -0.39 is 0 Å². The Kier molecular flexibility index (Phi) is 5.83. The van der Waals surface area contributed by atoms with Crippen LogP contribution in [-0.4, -0.2) is 13.1 Å². The summed E-state index contributed by atoms with van der Waals surface area (Å²) in [6, 6.07) is 8.44. The van der Waals surface area contributed by atoms with Gasteiger partial charge in [0.25, 0.3) is 0 Å². The summed E-state index contributed by atoms with van der Waals surface area (Å²) in [5, 5.41) is 3.57. The molecule has 3 N–H and O–H groups in total. The Balaban J connectivity index is 2.38. The first-order chi connectivity index (χ1) is 8.47.